The molecule has 4 heteroatoms. The second-order valence-electron chi connectivity index (χ2n) is 3.43. The van der Waals surface area contributed by atoms with Crippen molar-refractivity contribution in [3.63, 3.8) is 0 Å². The van der Waals surface area contributed by atoms with Crippen LogP contribution in [0.25, 0.3) is 0 Å². The van der Waals surface area contributed by atoms with E-state index in [4.69, 9.17) is 5.73 Å². The highest BCUT2D eigenvalue weighted by atomic mass is 79.9. The van der Waals surface area contributed by atoms with E-state index in [1.807, 2.05) is 13.2 Å². The van der Waals surface area contributed by atoms with E-state index in [-0.39, 0.29) is 6.04 Å². The fraction of sp³-hybridized carbons (Fsp3) is 0.667. The topological polar surface area (TPSA) is 43.8 Å². The molecular formula is C9H16BrN3. The Morgan fingerprint density at radius 3 is 2.69 bits per heavy atom. The van der Waals surface area contributed by atoms with Gasteiger partial charge < -0.3 is 5.73 Å². The van der Waals surface area contributed by atoms with Gasteiger partial charge in [-0.25, -0.2) is 0 Å². The Morgan fingerprint density at radius 2 is 2.31 bits per heavy atom. The highest BCUT2D eigenvalue weighted by Crippen LogP contribution is 2.27. The lowest BCUT2D eigenvalue weighted by Crippen LogP contribution is -2.18. The standard InChI is InChI=1S/C9H16BrN3/c1-4-6(2)8(11)7-5-12-13(3)9(7)10/h5-6,8H,4,11H2,1-3H3. The normalized spacial score (nSPS) is 15.8. The van der Waals surface area contributed by atoms with Gasteiger partial charge in [0.2, 0.25) is 0 Å². The van der Waals surface area contributed by atoms with Crippen molar-refractivity contribution in [3.8, 4) is 0 Å². The zero-order valence-corrected chi connectivity index (χ0v) is 9.87. The van der Waals surface area contributed by atoms with E-state index in [2.05, 4.69) is 34.9 Å². The summed E-state index contributed by atoms with van der Waals surface area (Å²) in [4.78, 5) is 0. The van der Waals surface area contributed by atoms with Crippen LogP contribution in [0.5, 0.6) is 0 Å². The molecule has 3 nitrogen and oxygen atoms in total. The number of rotatable bonds is 3. The summed E-state index contributed by atoms with van der Waals surface area (Å²) < 4.78 is 2.78. The maximum Gasteiger partial charge on any atom is 0.108 e. The van der Waals surface area contributed by atoms with Crippen LogP contribution < -0.4 is 5.73 Å². The maximum atomic E-state index is 6.08. The minimum atomic E-state index is 0.0769. The lowest BCUT2D eigenvalue weighted by molar-refractivity contribution is 0.455. The van der Waals surface area contributed by atoms with E-state index >= 15 is 0 Å². The van der Waals surface area contributed by atoms with Gasteiger partial charge in [-0.2, -0.15) is 5.10 Å². The van der Waals surface area contributed by atoms with Crippen molar-refractivity contribution in [2.45, 2.75) is 26.3 Å². The highest BCUT2D eigenvalue weighted by molar-refractivity contribution is 9.10. The van der Waals surface area contributed by atoms with E-state index in [0.29, 0.717) is 5.92 Å². The minimum Gasteiger partial charge on any atom is -0.324 e. The lowest BCUT2D eigenvalue weighted by atomic mass is 9.96. The molecule has 1 aromatic rings. The summed E-state index contributed by atoms with van der Waals surface area (Å²) in [6, 6.07) is 0.0769. The molecule has 0 aliphatic carbocycles. The van der Waals surface area contributed by atoms with E-state index < -0.39 is 0 Å². The van der Waals surface area contributed by atoms with Crippen LogP contribution in [0.4, 0.5) is 0 Å². The Hall–Kier alpha value is -0.350. The third-order valence-electron chi connectivity index (χ3n) is 2.51. The van der Waals surface area contributed by atoms with Crippen LogP contribution in [0.3, 0.4) is 0 Å². The zero-order chi connectivity index (χ0) is 10.0. The van der Waals surface area contributed by atoms with Crippen molar-refractivity contribution < 1.29 is 0 Å². The van der Waals surface area contributed by atoms with Gasteiger partial charge in [0.05, 0.1) is 6.20 Å². The zero-order valence-electron chi connectivity index (χ0n) is 8.29. The summed E-state index contributed by atoms with van der Waals surface area (Å²) in [6.45, 7) is 4.30. The average molecular weight is 246 g/mol. The number of hydrogen-bond acceptors (Lipinski definition) is 2. The Balaban J connectivity index is 2.88. The van der Waals surface area contributed by atoms with Gasteiger partial charge in [0.25, 0.3) is 0 Å². The summed E-state index contributed by atoms with van der Waals surface area (Å²) in [7, 11) is 1.90. The summed E-state index contributed by atoms with van der Waals surface area (Å²) in [6.07, 6.45) is 2.92. The predicted octanol–water partition coefficient (Wildman–Crippen LogP) is 2.23. The van der Waals surface area contributed by atoms with Crippen LogP contribution in [0.2, 0.25) is 0 Å². The highest BCUT2D eigenvalue weighted by Gasteiger charge is 2.18. The second kappa shape index (κ2) is 4.24. The molecular weight excluding hydrogens is 230 g/mol. The summed E-state index contributed by atoms with van der Waals surface area (Å²) in [5, 5.41) is 4.14. The number of aryl methyl sites for hydroxylation is 1. The third kappa shape index (κ3) is 2.11. The van der Waals surface area contributed by atoms with Crippen molar-refractivity contribution in [3.05, 3.63) is 16.4 Å². The molecule has 1 rings (SSSR count). The first-order chi connectivity index (χ1) is 6.07. The van der Waals surface area contributed by atoms with Crippen LogP contribution >= 0.6 is 15.9 Å². The van der Waals surface area contributed by atoms with Crippen molar-refractivity contribution in [1.82, 2.24) is 9.78 Å². The molecule has 74 valence electrons. The molecule has 2 atom stereocenters. The first-order valence-electron chi connectivity index (χ1n) is 4.50. The molecule has 0 aliphatic rings. The van der Waals surface area contributed by atoms with Gasteiger partial charge >= 0.3 is 0 Å². The smallest absolute Gasteiger partial charge is 0.108 e. The van der Waals surface area contributed by atoms with E-state index in [9.17, 15) is 0 Å². The first kappa shape index (κ1) is 10.7. The maximum absolute atomic E-state index is 6.08. The van der Waals surface area contributed by atoms with Gasteiger partial charge in [0.1, 0.15) is 4.60 Å². The van der Waals surface area contributed by atoms with Crippen LogP contribution in [-0.4, -0.2) is 9.78 Å². The Kier molecular flexibility index (Phi) is 3.50. The molecule has 0 aliphatic heterocycles. The van der Waals surface area contributed by atoms with E-state index in [1.54, 1.807) is 4.68 Å². The van der Waals surface area contributed by atoms with E-state index in [0.717, 1.165) is 16.6 Å². The van der Waals surface area contributed by atoms with Crippen LogP contribution in [0, 0.1) is 5.92 Å². The van der Waals surface area contributed by atoms with Gasteiger partial charge in [0, 0.05) is 18.7 Å². The molecule has 13 heavy (non-hydrogen) atoms. The number of halogens is 1. The number of aromatic nitrogens is 2. The van der Waals surface area contributed by atoms with Gasteiger partial charge in [0.15, 0.2) is 0 Å². The molecule has 0 aromatic carbocycles. The Morgan fingerprint density at radius 1 is 1.69 bits per heavy atom. The molecule has 0 saturated carbocycles. The lowest BCUT2D eigenvalue weighted by Gasteiger charge is -2.17. The SMILES string of the molecule is CCC(C)C(N)c1cnn(C)c1Br. The molecule has 0 spiro atoms. The van der Waals surface area contributed by atoms with Crippen molar-refractivity contribution in [2.24, 2.45) is 18.7 Å². The Labute approximate surface area is 87.4 Å². The summed E-state index contributed by atoms with van der Waals surface area (Å²) in [5.41, 5.74) is 7.17. The van der Waals surface area contributed by atoms with Crippen LogP contribution in [0.15, 0.2) is 10.8 Å². The van der Waals surface area contributed by atoms with Crippen molar-refractivity contribution in [2.75, 3.05) is 0 Å². The van der Waals surface area contributed by atoms with Gasteiger partial charge in [-0.05, 0) is 21.8 Å². The molecule has 0 radical (unpaired) electrons. The van der Waals surface area contributed by atoms with Crippen LogP contribution in [0.1, 0.15) is 31.9 Å². The molecule has 0 bridgehead atoms. The van der Waals surface area contributed by atoms with Gasteiger partial charge in [-0.15, -0.1) is 0 Å². The third-order valence-corrected chi connectivity index (χ3v) is 3.48. The molecule has 0 fully saturated rings. The molecule has 1 heterocycles. The molecule has 0 saturated heterocycles. The van der Waals surface area contributed by atoms with E-state index in [1.165, 1.54) is 0 Å². The summed E-state index contributed by atoms with van der Waals surface area (Å²) >= 11 is 3.47. The summed E-state index contributed by atoms with van der Waals surface area (Å²) in [5.74, 6) is 0.487. The number of nitrogens with two attached hydrogens (primary N) is 1. The monoisotopic (exact) mass is 245 g/mol. The number of hydrogen-bond donors (Lipinski definition) is 1. The van der Waals surface area contributed by atoms with Crippen molar-refractivity contribution in [1.29, 1.82) is 0 Å². The number of nitrogens with zero attached hydrogens (tertiary/aromatic N) is 2. The minimum absolute atomic E-state index is 0.0769. The van der Waals surface area contributed by atoms with Gasteiger partial charge in [-0.3, -0.25) is 4.68 Å². The van der Waals surface area contributed by atoms with Crippen LogP contribution in [-0.2, 0) is 7.05 Å². The predicted molar refractivity (Wildman–Crippen MR) is 57.3 cm³/mol. The fourth-order valence-electron chi connectivity index (χ4n) is 1.22. The second-order valence-corrected chi connectivity index (χ2v) is 4.18. The molecule has 0 amide bonds. The Bertz CT molecular complexity index is 282. The molecule has 2 N–H and O–H groups in total. The first-order valence-corrected chi connectivity index (χ1v) is 5.30. The largest absolute Gasteiger partial charge is 0.324 e. The van der Waals surface area contributed by atoms with Crippen molar-refractivity contribution >= 4 is 15.9 Å². The average Bonchev–Trinajstić information content (AvgIpc) is 2.45. The molecule has 2 unspecified atom stereocenters. The van der Waals surface area contributed by atoms with Gasteiger partial charge in [-0.1, -0.05) is 20.3 Å². The molecule has 1 aromatic heterocycles. The fourth-order valence-corrected chi connectivity index (χ4v) is 1.68. The quantitative estimate of drug-likeness (QED) is 0.888.